The number of benzene rings is 2. The van der Waals surface area contributed by atoms with Crippen LogP contribution in [0.15, 0.2) is 67.0 Å². The highest BCUT2D eigenvalue weighted by molar-refractivity contribution is 6.30. The summed E-state index contributed by atoms with van der Waals surface area (Å²) in [5.41, 5.74) is 8.34. The number of amides is 2. The third-order valence-electron chi connectivity index (χ3n) is 5.41. The first-order chi connectivity index (χ1) is 14.5. The minimum atomic E-state index is -1.05. The first-order valence-electron chi connectivity index (χ1n) is 9.55. The highest BCUT2D eigenvalue weighted by atomic mass is 35.5. The maximum absolute atomic E-state index is 13.7. The lowest BCUT2D eigenvalue weighted by molar-refractivity contribution is -0.123. The Labute approximate surface area is 178 Å². The molecule has 0 aliphatic heterocycles. The molecular formula is C23H20ClN3O3. The van der Waals surface area contributed by atoms with E-state index in [1.54, 1.807) is 30.5 Å². The third kappa shape index (κ3) is 3.62. The lowest BCUT2D eigenvalue weighted by atomic mass is 9.98. The summed E-state index contributed by atoms with van der Waals surface area (Å²) in [6.07, 6.45) is 4.45. The molecule has 2 atom stereocenters. The van der Waals surface area contributed by atoms with Gasteiger partial charge in [0.1, 0.15) is 11.8 Å². The highest BCUT2D eigenvalue weighted by Crippen LogP contribution is 2.42. The van der Waals surface area contributed by atoms with Gasteiger partial charge in [0.05, 0.1) is 11.6 Å². The van der Waals surface area contributed by atoms with Crippen molar-refractivity contribution < 1.29 is 14.7 Å². The Kier molecular flexibility index (Phi) is 5.42. The number of rotatable bonds is 5. The molecular weight excluding hydrogens is 402 g/mol. The van der Waals surface area contributed by atoms with E-state index in [2.05, 4.69) is 4.98 Å². The van der Waals surface area contributed by atoms with Crippen LogP contribution >= 0.6 is 11.6 Å². The molecule has 1 aromatic heterocycles. The monoisotopic (exact) mass is 421 g/mol. The topological polar surface area (TPSA) is 96.5 Å². The molecule has 0 saturated carbocycles. The lowest BCUT2D eigenvalue weighted by Crippen LogP contribution is -2.43. The predicted octanol–water partition coefficient (Wildman–Crippen LogP) is 3.80. The molecule has 0 radical (unpaired) electrons. The van der Waals surface area contributed by atoms with E-state index in [0.29, 0.717) is 17.0 Å². The Hall–Kier alpha value is -3.38. The van der Waals surface area contributed by atoms with Crippen molar-refractivity contribution in [3.63, 3.8) is 0 Å². The zero-order valence-electron chi connectivity index (χ0n) is 16.0. The smallest absolute Gasteiger partial charge is 0.259 e. The molecule has 0 saturated heterocycles. The summed E-state index contributed by atoms with van der Waals surface area (Å²) < 4.78 is 0. The summed E-state index contributed by atoms with van der Waals surface area (Å²) in [6.45, 7) is 0. The number of primary amides is 1. The number of aromatic nitrogens is 1. The number of aryl methyl sites for hydroxylation is 1. The Morgan fingerprint density at radius 1 is 1.17 bits per heavy atom. The van der Waals surface area contributed by atoms with Crippen LogP contribution in [0.3, 0.4) is 0 Å². The predicted molar refractivity (Wildman–Crippen MR) is 113 cm³/mol. The van der Waals surface area contributed by atoms with Gasteiger partial charge >= 0.3 is 0 Å². The van der Waals surface area contributed by atoms with Crippen LogP contribution in [0.1, 0.15) is 45.6 Å². The van der Waals surface area contributed by atoms with Crippen LogP contribution in [-0.4, -0.2) is 26.8 Å². The normalized spacial score (nSPS) is 16.0. The third-order valence-corrected chi connectivity index (χ3v) is 5.64. The van der Waals surface area contributed by atoms with Gasteiger partial charge in [0.15, 0.2) is 0 Å². The maximum Gasteiger partial charge on any atom is 0.259 e. The average molecular weight is 422 g/mol. The molecule has 1 heterocycles. The van der Waals surface area contributed by atoms with Gasteiger partial charge in [-0.05, 0) is 54.3 Å². The van der Waals surface area contributed by atoms with Crippen LogP contribution in [0.4, 0.5) is 0 Å². The fourth-order valence-corrected chi connectivity index (χ4v) is 4.25. The number of nitrogens with two attached hydrogens (primary N) is 1. The zero-order chi connectivity index (χ0) is 21.3. The number of para-hydroxylation sites is 1. The van der Waals surface area contributed by atoms with Crippen molar-refractivity contribution in [3.05, 3.63) is 94.3 Å². The number of phenols is 1. The molecule has 7 heteroatoms. The molecule has 30 heavy (non-hydrogen) atoms. The number of nitrogens with zero attached hydrogens (tertiary/aromatic N) is 2. The number of pyridine rings is 1. The van der Waals surface area contributed by atoms with E-state index in [-0.39, 0.29) is 11.3 Å². The van der Waals surface area contributed by atoms with Gasteiger partial charge in [0, 0.05) is 23.0 Å². The summed E-state index contributed by atoms with van der Waals surface area (Å²) in [4.78, 5) is 31.8. The van der Waals surface area contributed by atoms with Gasteiger partial charge in [-0.25, -0.2) is 0 Å². The molecule has 0 bridgehead atoms. The van der Waals surface area contributed by atoms with E-state index in [4.69, 9.17) is 17.3 Å². The summed E-state index contributed by atoms with van der Waals surface area (Å²) >= 11 is 6.23. The van der Waals surface area contributed by atoms with Gasteiger partial charge in [-0.15, -0.1) is 0 Å². The second-order valence-corrected chi connectivity index (χ2v) is 7.65. The average Bonchev–Trinajstić information content (AvgIpc) is 3.14. The van der Waals surface area contributed by atoms with Crippen molar-refractivity contribution in [2.75, 3.05) is 0 Å². The molecule has 0 spiro atoms. The number of hydrogen-bond acceptors (Lipinski definition) is 4. The van der Waals surface area contributed by atoms with E-state index in [1.807, 2.05) is 18.2 Å². The van der Waals surface area contributed by atoms with Crippen LogP contribution in [-0.2, 0) is 11.2 Å². The van der Waals surface area contributed by atoms with Crippen molar-refractivity contribution in [1.29, 1.82) is 0 Å². The Morgan fingerprint density at radius 3 is 2.67 bits per heavy atom. The van der Waals surface area contributed by atoms with Gasteiger partial charge in [-0.2, -0.15) is 0 Å². The van der Waals surface area contributed by atoms with Crippen LogP contribution in [0.25, 0.3) is 0 Å². The fourth-order valence-electron chi connectivity index (χ4n) is 4.07. The molecule has 152 valence electrons. The minimum Gasteiger partial charge on any atom is -0.507 e. The van der Waals surface area contributed by atoms with Crippen molar-refractivity contribution >= 4 is 23.4 Å². The number of carbonyl (C=O) groups excluding carboxylic acids is 2. The second-order valence-electron chi connectivity index (χ2n) is 7.22. The summed E-state index contributed by atoms with van der Waals surface area (Å²) in [6, 6.07) is 13.7. The highest BCUT2D eigenvalue weighted by Gasteiger charge is 2.40. The van der Waals surface area contributed by atoms with Crippen molar-refractivity contribution in [1.82, 2.24) is 9.88 Å². The Balaban J connectivity index is 1.88. The molecule has 6 nitrogen and oxygen atoms in total. The molecule has 3 N–H and O–H groups in total. The minimum absolute atomic E-state index is 0.100. The van der Waals surface area contributed by atoms with Crippen LogP contribution in [0.5, 0.6) is 5.75 Å². The van der Waals surface area contributed by atoms with Crippen molar-refractivity contribution in [3.8, 4) is 5.75 Å². The number of phenolic OH excluding ortho intramolecular Hbond substituents is 1. The summed E-state index contributed by atoms with van der Waals surface area (Å²) in [7, 11) is 0. The zero-order valence-corrected chi connectivity index (χ0v) is 16.8. The molecule has 1 unspecified atom stereocenters. The molecule has 4 rings (SSSR count). The van der Waals surface area contributed by atoms with Crippen molar-refractivity contribution in [2.45, 2.75) is 24.9 Å². The largest absolute Gasteiger partial charge is 0.507 e. The van der Waals surface area contributed by atoms with Crippen LogP contribution < -0.4 is 5.73 Å². The van der Waals surface area contributed by atoms with Gasteiger partial charge in [0.2, 0.25) is 5.91 Å². The standard InChI is InChI=1S/C23H20ClN3O3/c24-16-9-7-14-8-10-19(18(14)12-16)27(23(30)17-5-1-2-6-20(17)28)21(22(25)29)15-4-3-11-26-13-15/h1-7,9,11-13,19,21,28H,8,10H2,(H2,25,29)/t19-,21?/m1/s1. The van der Waals surface area contributed by atoms with E-state index in [1.165, 1.54) is 23.2 Å². The van der Waals surface area contributed by atoms with Gasteiger partial charge in [0.25, 0.3) is 5.91 Å². The number of aromatic hydroxyl groups is 1. The number of halogens is 1. The molecule has 2 aromatic carbocycles. The van der Waals surface area contributed by atoms with Gasteiger partial charge in [-0.3, -0.25) is 14.6 Å². The first kappa shape index (κ1) is 19.9. The lowest BCUT2D eigenvalue weighted by Gasteiger charge is -2.35. The van der Waals surface area contributed by atoms with E-state index >= 15 is 0 Å². The number of fused-ring (bicyclic) bond motifs is 1. The molecule has 1 aliphatic rings. The van der Waals surface area contributed by atoms with Crippen molar-refractivity contribution in [2.24, 2.45) is 5.73 Å². The summed E-state index contributed by atoms with van der Waals surface area (Å²) in [5.74, 6) is -1.33. The number of hydrogen-bond donors (Lipinski definition) is 2. The van der Waals surface area contributed by atoms with Gasteiger partial charge < -0.3 is 15.7 Å². The first-order valence-corrected chi connectivity index (χ1v) is 9.93. The molecule has 3 aromatic rings. The van der Waals surface area contributed by atoms with Gasteiger partial charge in [-0.1, -0.05) is 35.9 Å². The quantitative estimate of drug-likeness (QED) is 0.654. The van der Waals surface area contributed by atoms with E-state index < -0.39 is 23.9 Å². The van der Waals surface area contributed by atoms with Crippen LogP contribution in [0.2, 0.25) is 5.02 Å². The SMILES string of the molecule is NC(=O)C(c1cccnc1)N(C(=O)c1ccccc1O)[C@@H]1CCc2ccc(Cl)cc21. The summed E-state index contributed by atoms with van der Waals surface area (Å²) in [5, 5.41) is 10.9. The Morgan fingerprint density at radius 2 is 1.97 bits per heavy atom. The van der Waals surface area contributed by atoms with Crippen LogP contribution in [0, 0.1) is 0 Å². The molecule has 1 aliphatic carbocycles. The Bertz CT molecular complexity index is 1100. The van der Waals surface area contributed by atoms with E-state index in [0.717, 1.165) is 17.5 Å². The molecule has 2 amide bonds. The second kappa shape index (κ2) is 8.16. The fraction of sp³-hybridized carbons (Fsp3) is 0.174. The molecule has 0 fully saturated rings. The maximum atomic E-state index is 13.7. The number of carbonyl (C=O) groups is 2. The van der Waals surface area contributed by atoms with E-state index in [9.17, 15) is 14.7 Å².